The Morgan fingerprint density at radius 3 is 2.33 bits per heavy atom. The maximum Gasteiger partial charge on any atom is 0.219 e. The van der Waals surface area contributed by atoms with E-state index in [4.69, 9.17) is 4.43 Å². The van der Waals surface area contributed by atoms with E-state index in [1.54, 1.807) is 12.2 Å². The molecule has 0 aromatic rings. The molecule has 0 amide bonds. The van der Waals surface area contributed by atoms with Crippen molar-refractivity contribution < 1.29 is 14.3 Å². The van der Waals surface area contributed by atoms with E-state index in [9.17, 15) is 9.90 Å². The molecule has 0 radical (unpaired) electrons. The van der Waals surface area contributed by atoms with Gasteiger partial charge in [0.1, 0.15) is 12.2 Å². The molecule has 0 rings (SSSR count). The van der Waals surface area contributed by atoms with Crippen molar-refractivity contribution in [3.8, 4) is 0 Å². The second kappa shape index (κ2) is 8.93. The van der Waals surface area contributed by atoms with Crippen LogP contribution in [0.2, 0.25) is 18.1 Å². The summed E-state index contributed by atoms with van der Waals surface area (Å²) in [7, 11) is -2.12. The fourth-order valence-electron chi connectivity index (χ4n) is 1.37. The zero-order valence-electron chi connectivity index (χ0n) is 14.3. The molecule has 1 N–H and O–H groups in total. The van der Waals surface area contributed by atoms with Gasteiger partial charge in [-0.15, -0.1) is 0 Å². The summed E-state index contributed by atoms with van der Waals surface area (Å²) >= 11 is 1.20. The molecule has 0 saturated heterocycles. The van der Waals surface area contributed by atoms with Gasteiger partial charge in [-0.25, -0.2) is 0 Å². The van der Waals surface area contributed by atoms with Crippen LogP contribution in [0.1, 0.15) is 34.6 Å². The molecular weight excluding hydrogens is 300 g/mol. The molecule has 2 atom stereocenters. The van der Waals surface area contributed by atoms with Gasteiger partial charge in [-0.2, -0.15) is 0 Å². The lowest BCUT2D eigenvalue weighted by Gasteiger charge is -2.39. The van der Waals surface area contributed by atoms with Gasteiger partial charge in [0, 0.05) is 0 Å². The molecule has 0 aliphatic carbocycles. The van der Waals surface area contributed by atoms with Crippen LogP contribution in [0, 0.1) is 0 Å². The Morgan fingerprint density at radius 1 is 1.33 bits per heavy atom. The number of rotatable bonds is 7. The predicted molar refractivity (Wildman–Crippen MR) is 95.2 cm³/mol. The number of thioether (sulfide) groups is 1. The number of carbonyl (C=O) groups excluding carboxylic acids is 1. The summed E-state index contributed by atoms with van der Waals surface area (Å²) in [5.74, 6) is 0.682. The summed E-state index contributed by atoms with van der Waals surface area (Å²) in [5, 5.41) is 10.2. The van der Waals surface area contributed by atoms with Gasteiger partial charge < -0.3 is 9.53 Å². The molecule has 0 aromatic heterocycles. The summed E-state index contributed by atoms with van der Waals surface area (Å²) in [6.45, 7) is 14.4. The smallest absolute Gasteiger partial charge is 0.219 e. The minimum absolute atomic E-state index is 0.00479. The van der Waals surface area contributed by atoms with Crippen molar-refractivity contribution in [2.45, 2.75) is 65.0 Å². The monoisotopic (exact) mass is 330 g/mol. The first kappa shape index (κ1) is 20.6. The summed E-state index contributed by atoms with van der Waals surface area (Å²) in [6, 6.07) is 0. The molecule has 0 saturated carbocycles. The second-order valence-corrected chi connectivity index (χ2v) is 12.5. The van der Waals surface area contributed by atoms with E-state index in [1.165, 1.54) is 11.8 Å². The van der Waals surface area contributed by atoms with E-state index < -0.39 is 20.5 Å². The van der Waals surface area contributed by atoms with Crippen LogP contribution in [0.3, 0.4) is 0 Å². The molecule has 21 heavy (non-hydrogen) atoms. The van der Waals surface area contributed by atoms with E-state index in [2.05, 4.69) is 33.9 Å². The van der Waals surface area contributed by atoms with Crippen molar-refractivity contribution in [3.63, 3.8) is 0 Å². The lowest BCUT2D eigenvalue weighted by atomic mass is 10.2. The van der Waals surface area contributed by atoms with Crippen LogP contribution in [-0.4, -0.2) is 36.5 Å². The zero-order valence-corrected chi connectivity index (χ0v) is 16.2. The van der Waals surface area contributed by atoms with Gasteiger partial charge in [-0.05, 0) is 30.8 Å². The number of hydrogen-bond donors (Lipinski definition) is 1. The van der Waals surface area contributed by atoms with Gasteiger partial charge in [0.2, 0.25) is 5.12 Å². The summed E-state index contributed by atoms with van der Waals surface area (Å²) in [6.07, 6.45) is 5.35. The zero-order chi connectivity index (χ0) is 16.7. The normalized spacial score (nSPS) is 16.6. The SMILES string of the molecule is C/C=C/C=C/[C@@H](O)[C@H](O[Si](C)(C)C(C)(C)C)C(=O)SCC. The van der Waals surface area contributed by atoms with E-state index in [-0.39, 0.29) is 10.2 Å². The number of hydrogen-bond acceptors (Lipinski definition) is 4. The number of aliphatic hydroxyl groups excluding tert-OH is 1. The van der Waals surface area contributed by atoms with Crippen LogP contribution in [0.5, 0.6) is 0 Å². The highest BCUT2D eigenvalue weighted by molar-refractivity contribution is 8.13. The highest BCUT2D eigenvalue weighted by Gasteiger charge is 2.42. The maximum atomic E-state index is 12.3. The van der Waals surface area contributed by atoms with Crippen LogP contribution in [0.25, 0.3) is 0 Å². The molecule has 5 heteroatoms. The molecule has 0 spiro atoms. The summed E-state index contributed by atoms with van der Waals surface area (Å²) in [5.41, 5.74) is 0. The highest BCUT2D eigenvalue weighted by atomic mass is 32.2. The van der Waals surface area contributed by atoms with Gasteiger partial charge in [0.05, 0.1) is 0 Å². The number of allylic oxidation sites excluding steroid dienone is 3. The van der Waals surface area contributed by atoms with Gasteiger partial charge in [-0.3, -0.25) is 4.79 Å². The molecule has 0 aliphatic heterocycles. The molecule has 122 valence electrons. The van der Waals surface area contributed by atoms with E-state index >= 15 is 0 Å². The third-order valence-corrected chi connectivity index (χ3v) is 8.93. The first-order valence-electron chi connectivity index (χ1n) is 7.38. The van der Waals surface area contributed by atoms with E-state index in [0.29, 0.717) is 5.75 Å². The number of aliphatic hydroxyl groups is 1. The Kier molecular flexibility index (Phi) is 8.78. The standard InChI is InChI=1S/C16H30O3SSi/c1-8-10-11-12-13(17)14(15(18)20-9-2)19-21(6,7)16(3,4)5/h8,10-14,17H,9H2,1-7H3/b10-8+,12-11+/t13-,14+/m1/s1. The first-order valence-corrected chi connectivity index (χ1v) is 11.3. The van der Waals surface area contributed by atoms with Gasteiger partial charge in [0.15, 0.2) is 8.32 Å². The molecule has 0 heterocycles. The van der Waals surface area contributed by atoms with E-state index in [0.717, 1.165) is 0 Å². The Morgan fingerprint density at radius 2 is 1.90 bits per heavy atom. The first-order chi connectivity index (χ1) is 9.56. The van der Waals surface area contributed by atoms with Crippen LogP contribution in [0.4, 0.5) is 0 Å². The van der Waals surface area contributed by atoms with Crippen LogP contribution in [-0.2, 0) is 9.22 Å². The van der Waals surface area contributed by atoms with Crippen molar-refractivity contribution in [1.82, 2.24) is 0 Å². The minimum atomic E-state index is -2.12. The van der Waals surface area contributed by atoms with Crippen molar-refractivity contribution in [1.29, 1.82) is 0 Å². The van der Waals surface area contributed by atoms with Crippen molar-refractivity contribution in [3.05, 3.63) is 24.3 Å². The quantitative estimate of drug-likeness (QED) is 0.563. The molecule has 0 unspecified atom stereocenters. The Balaban J connectivity index is 5.20. The lowest BCUT2D eigenvalue weighted by Crippen LogP contribution is -2.49. The maximum absolute atomic E-state index is 12.3. The summed E-state index contributed by atoms with van der Waals surface area (Å²) < 4.78 is 6.15. The molecule has 0 bridgehead atoms. The van der Waals surface area contributed by atoms with Gasteiger partial charge >= 0.3 is 0 Å². The van der Waals surface area contributed by atoms with Gasteiger partial charge in [0.25, 0.3) is 0 Å². The fraction of sp³-hybridized carbons (Fsp3) is 0.688. The van der Waals surface area contributed by atoms with Crippen molar-refractivity contribution >= 4 is 25.2 Å². The average Bonchev–Trinajstić information content (AvgIpc) is 2.35. The Hall–Kier alpha value is -0.363. The van der Waals surface area contributed by atoms with Crippen LogP contribution < -0.4 is 0 Å². The van der Waals surface area contributed by atoms with Crippen LogP contribution in [0.15, 0.2) is 24.3 Å². The lowest BCUT2D eigenvalue weighted by molar-refractivity contribution is -0.121. The molecule has 3 nitrogen and oxygen atoms in total. The van der Waals surface area contributed by atoms with Crippen LogP contribution >= 0.6 is 11.8 Å². The van der Waals surface area contributed by atoms with E-state index in [1.807, 2.05) is 26.0 Å². The van der Waals surface area contributed by atoms with Gasteiger partial charge in [-0.1, -0.05) is 63.8 Å². The predicted octanol–water partition coefficient (Wildman–Crippen LogP) is 4.15. The Bertz CT molecular complexity index is 383. The summed E-state index contributed by atoms with van der Waals surface area (Å²) in [4.78, 5) is 12.3. The topological polar surface area (TPSA) is 46.5 Å². The molecule has 0 aliphatic rings. The third kappa shape index (κ3) is 6.95. The molecule has 0 fully saturated rings. The third-order valence-electron chi connectivity index (χ3n) is 3.67. The minimum Gasteiger partial charge on any atom is -0.403 e. The molecule has 0 aromatic carbocycles. The Labute approximate surface area is 135 Å². The average molecular weight is 331 g/mol. The van der Waals surface area contributed by atoms with Crippen molar-refractivity contribution in [2.75, 3.05) is 5.75 Å². The highest BCUT2D eigenvalue weighted by Crippen LogP contribution is 2.38. The largest absolute Gasteiger partial charge is 0.403 e. The van der Waals surface area contributed by atoms with Crippen molar-refractivity contribution in [2.24, 2.45) is 0 Å². The molecular formula is C16H30O3SSi. The fourth-order valence-corrected chi connectivity index (χ4v) is 3.32. The second-order valence-electron chi connectivity index (χ2n) is 6.45. The number of carbonyl (C=O) groups is 1.